The molecule has 138 valence electrons. The Hall–Kier alpha value is -1.75. The van der Waals surface area contributed by atoms with Crippen molar-refractivity contribution < 1.29 is 19.2 Å². The van der Waals surface area contributed by atoms with Crippen molar-refractivity contribution in [2.75, 3.05) is 40.4 Å². The van der Waals surface area contributed by atoms with Gasteiger partial charge in [-0.2, -0.15) is 0 Å². The second kappa shape index (κ2) is 8.56. The Morgan fingerprint density at radius 2 is 1.52 bits per heavy atom. The minimum atomic E-state index is 0.0847. The summed E-state index contributed by atoms with van der Waals surface area (Å²) in [7, 11) is 3.22. The summed E-state index contributed by atoms with van der Waals surface area (Å²) >= 11 is 0. The molecular weight excluding hydrogens is 316 g/mol. The summed E-state index contributed by atoms with van der Waals surface area (Å²) in [6, 6.07) is 6.13. The molecule has 0 bridgehead atoms. The molecule has 0 saturated carbocycles. The van der Waals surface area contributed by atoms with Crippen LogP contribution in [-0.4, -0.2) is 57.2 Å². The molecule has 1 aromatic rings. The van der Waals surface area contributed by atoms with Gasteiger partial charge in [-0.25, -0.2) is 0 Å². The molecule has 1 aromatic carbocycles. The van der Waals surface area contributed by atoms with Gasteiger partial charge in [0.25, 0.3) is 5.91 Å². The zero-order valence-electron chi connectivity index (χ0n) is 15.6. The molecule has 2 fully saturated rings. The van der Waals surface area contributed by atoms with Crippen LogP contribution in [0.3, 0.4) is 0 Å². The van der Waals surface area contributed by atoms with Crippen LogP contribution in [0.25, 0.3) is 0 Å². The maximum Gasteiger partial charge on any atom is 0.254 e. The summed E-state index contributed by atoms with van der Waals surface area (Å²) in [4.78, 5) is 16.6. The molecule has 1 amide bonds. The maximum absolute atomic E-state index is 12.9. The smallest absolute Gasteiger partial charge is 0.254 e. The summed E-state index contributed by atoms with van der Waals surface area (Å²) in [5.41, 5.74) is 0.650. The van der Waals surface area contributed by atoms with E-state index in [1.807, 2.05) is 4.90 Å². The molecule has 25 heavy (non-hydrogen) atoms. The zero-order chi connectivity index (χ0) is 17.6. The number of ether oxygens (including phenoxy) is 2. The average Bonchev–Trinajstić information content (AvgIpc) is 2.96. The highest BCUT2D eigenvalue weighted by atomic mass is 16.5. The third-order valence-electron chi connectivity index (χ3n) is 5.70. The van der Waals surface area contributed by atoms with Gasteiger partial charge >= 0.3 is 0 Å². The number of piperidine rings is 1. The highest BCUT2D eigenvalue weighted by Crippen LogP contribution is 2.24. The molecule has 0 aromatic heterocycles. The van der Waals surface area contributed by atoms with Crippen molar-refractivity contribution in [3.63, 3.8) is 0 Å². The molecular formula is C20H31N2O3+. The lowest BCUT2D eigenvalue weighted by molar-refractivity contribution is -0.926. The number of rotatable bonds is 4. The molecule has 0 radical (unpaired) electrons. The quantitative estimate of drug-likeness (QED) is 0.903. The van der Waals surface area contributed by atoms with Crippen molar-refractivity contribution in [2.24, 2.45) is 0 Å². The number of nitrogens with zero attached hydrogens (tertiary/aromatic N) is 1. The van der Waals surface area contributed by atoms with Crippen LogP contribution in [-0.2, 0) is 0 Å². The second-order valence-corrected chi connectivity index (χ2v) is 7.24. The first-order chi connectivity index (χ1) is 12.2. The first-order valence-electron chi connectivity index (χ1n) is 9.58. The normalized spacial score (nSPS) is 20.2. The van der Waals surface area contributed by atoms with Gasteiger partial charge in [0.1, 0.15) is 11.5 Å². The minimum Gasteiger partial charge on any atom is -0.497 e. The predicted octanol–water partition coefficient (Wildman–Crippen LogP) is 1.77. The van der Waals surface area contributed by atoms with Gasteiger partial charge < -0.3 is 19.3 Å². The van der Waals surface area contributed by atoms with Crippen LogP contribution >= 0.6 is 0 Å². The van der Waals surface area contributed by atoms with Crippen LogP contribution in [0, 0.1) is 0 Å². The fourth-order valence-corrected chi connectivity index (χ4v) is 4.20. The number of amides is 1. The Morgan fingerprint density at radius 1 is 0.960 bits per heavy atom. The summed E-state index contributed by atoms with van der Waals surface area (Å²) in [5.74, 6) is 1.40. The molecule has 0 unspecified atom stereocenters. The topological polar surface area (TPSA) is 43.2 Å². The average molecular weight is 347 g/mol. The van der Waals surface area contributed by atoms with Gasteiger partial charge in [0, 0.05) is 37.6 Å². The van der Waals surface area contributed by atoms with Crippen molar-refractivity contribution in [3.05, 3.63) is 23.8 Å². The predicted molar refractivity (Wildman–Crippen MR) is 97.6 cm³/mol. The molecule has 0 atom stereocenters. The second-order valence-electron chi connectivity index (χ2n) is 7.24. The van der Waals surface area contributed by atoms with Crippen LogP contribution < -0.4 is 14.4 Å². The van der Waals surface area contributed by atoms with Crippen molar-refractivity contribution >= 4 is 5.91 Å². The van der Waals surface area contributed by atoms with E-state index in [9.17, 15) is 4.79 Å². The number of quaternary nitrogens is 1. The zero-order valence-corrected chi connectivity index (χ0v) is 15.6. The number of carbonyl (C=O) groups excluding carboxylic acids is 1. The van der Waals surface area contributed by atoms with Crippen LogP contribution in [0.15, 0.2) is 18.2 Å². The Morgan fingerprint density at radius 3 is 2.04 bits per heavy atom. The first-order valence-corrected chi connectivity index (χ1v) is 9.58. The Kier molecular flexibility index (Phi) is 6.19. The molecule has 1 N–H and O–H groups in total. The largest absolute Gasteiger partial charge is 0.497 e. The first kappa shape index (κ1) is 18.1. The van der Waals surface area contributed by atoms with E-state index in [4.69, 9.17) is 9.47 Å². The fraction of sp³-hybridized carbons (Fsp3) is 0.650. The Bertz CT molecular complexity index is 552. The molecule has 2 aliphatic rings. The van der Waals surface area contributed by atoms with Crippen molar-refractivity contribution in [1.82, 2.24) is 4.90 Å². The minimum absolute atomic E-state index is 0.0847. The van der Waals surface area contributed by atoms with Crippen LogP contribution in [0.2, 0.25) is 0 Å². The van der Waals surface area contributed by atoms with E-state index in [0.717, 1.165) is 32.0 Å². The lowest BCUT2D eigenvalue weighted by Gasteiger charge is -2.36. The highest BCUT2D eigenvalue weighted by Gasteiger charge is 2.30. The van der Waals surface area contributed by atoms with E-state index in [1.165, 1.54) is 38.8 Å². The van der Waals surface area contributed by atoms with Gasteiger partial charge in [-0.1, -0.05) is 0 Å². The van der Waals surface area contributed by atoms with Gasteiger partial charge in [0.2, 0.25) is 0 Å². The summed E-state index contributed by atoms with van der Waals surface area (Å²) < 4.78 is 10.6. The number of hydrogen-bond acceptors (Lipinski definition) is 3. The van der Waals surface area contributed by atoms with E-state index in [0.29, 0.717) is 17.1 Å². The fourth-order valence-electron chi connectivity index (χ4n) is 4.20. The number of benzene rings is 1. The number of carbonyl (C=O) groups is 1. The highest BCUT2D eigenvalue weighted by molar-refractivity contribution is 5.95. The Balaban J connectivity index is 1.61. The SMILES string of the molecule is COc1cc(OC)cc(C(=O)N2CCC([NH+]3CCCCCC3)CC2)c1. The van der Waals surface area contributed by atoms with Crippen LogP contribution in [0.1, 0.15) is 48.9 Å². The molecule has 2 aliphatic heterocycles. The van der Waals surface area contributed by atoms with E-state index < -0.39 is 0 Å². The maximum atomic E-state index is 12.9. The Labute approximate surface area is 150 Å². The third-order valence-corrected chi connectivity index (χ3v) is 5.70. The molecule has 0 aliphatic carbocycles. The molecule has 0 spiro atoms. The molecule has 5 heteroatoms. The number of likely N-dealkylation sites (tertiary alicyclic amines) is 2. The number of hydrogen-bond donors (Lipinski definition) is 1. The van der Waals surface area contributed by atoms with Crippen molar-refractivity contribution in [2.45, 2.75) is 44.6 Å². The van der Waals surface area contributed by atoms with E-state index in [2.05, 4.69) is 0 Å². The van der Waals surface area contributed by atoms with E-state index in [-0.39, 0.29) is 5.91 Å². The summed E-state index contributed by atoms with van der Waals surface area (Å²) in [6.45, 7) is 4.33. The van der Waals surface area contributed by atoms with Gasteiger partial charge in [0.15, 0.2) is 0 Å². The van der Waals surface area contributed by atoms with Gasteiger partial charge in [-0.05, 0) is 37.8 Å². The molecule has 2 saturated heterocycles. The number of methoxy groups -OCH3 is 2. The van der Waals surface area contributed by atoms with Crippen molar-refractivity contribution in [3.8, 4) is 11.5 Å². The van der Waals surface area contributed by atoms with Gasteiger partial charge in [-0.3, -0.25) is 4.79 Å². The van der Waals surface area contributed by atoms with Crippen LogP contribution in [0.4, 0.5) is 0 Å². The molecule has 2 heterocycles. The molecule has 3 rings (SSSR count). The molecule has 5 nitrogen and oxygen atoms in total. The monoisotopic (exact) mass is 347 g/mol. The summed E-state index contributed by atoms with van der Waals surface area (Å²) in [6.07, 6.45) is 7.72. The number of nitrogens with one attached hydrogen (secondary N) is 1. The van der Waals surface area contributed by atoms with Crippen LogP contribution in [0.5, 0.6) is 11.5 Å². The summed E-state index contributed by atoms with van der Waals surface area (Å²) in [5, 5.41) is 0. The lowest BCUT2D eigenvalue weighted by atomic mass is 10.0. The van der Waals surface area contributed by atoms with Gasteiger partial charge in [-0.15, -0.1) is 0 Å². The third kappa shape index (κ3) is 4.46. The van der Waals surface area contributed by atoms with E-state index >= 15 is 0 Å². The standard InChI is InChI=1S/C20H30N2O3/c1-24-18-13-16(14-19(15-18)25-2)20(23)22-11-7-17(8-12-22)21-9-5-3-4-6-10-21/h13-15,17H,3-12H2,1-2H3/p+1. The van der Waals surface area contributed by atoms with Gasteiger partial charge in [0.05, 0.1) is 33.4 Å². The van der Waals surface area contributed by atoms with Crippen molar-refractivity contribution in [1.29, 1.82) is 0 Å². The lowest BCUT2D eigenvalue weighted by Crippen LogP contribution is -3.16. The van der Waals surface area contributed by atoms with E-state index in [1.54, 1.807) is 37.3 Å².